The van der Waals surface area contributed by atoms with Gasteiger partial charge < -0.3 is 25.0 Å². The van der Waals surface area contributed by atoms with Crippen LogP contribution in [0.1, 0.15) is 26.5 Å². The number of carbonyl (C=O) groups excluding carboxylic acids is 2. The fourth-order valence-corrected chi connectivity index (χ4v) is 2.28. The van der Waals surface area contributed by atoms with Gasteiger partial charge in [-0.1, -0.05) is 0 Å². The first-order valence-corrected chi connectivity index (χ1v) is 7.20. The van der Waals surface area contributed by atoms with E-state index in [0.717, 1.165) is 0 Å². The Kier molecular flexibility index (Phi) is 4.62. The van der Waals surface area contributed by atoms with Crippen molar-refractivity contribution in [1.82, 2.24) is 10.3 Å². The summed E-state index contributed by atoms with van der Waals surface area (Å²) >= 11 is 0. The Hall–Kier alpha value is -2.13. The Bertz CT molecular complexity index is 629. The third-order valence-corrected chi connectivity index (χ3v) is 3.35. The second kappa shape index (κ2) is 6.17. The average Bonchev–Trinajstić information content (AvgIpc) is 2.42. The van der Waals surface area contributed by atoms with Crippen molar-refractivity contribution < 1.29 is 24.4 Å². The summed E-state index contributed by atoms with van der Waals surface area (Å²) in [6.07, 6.45) is 0.868. The van der Waals surface area contributed by atoms with Gasteiger partial charge >= 0.3 is 13.2 Å². The number of amides is 2. The zero-order valence-electron chi connectivity index (χ0n) is 13.5. The maximum absolute atomic E-state index is 12.4. The number of fused-ring (bicyclic) bond motifs is 1. The maximum atomic E-state index is 12.4. The van der Waals surface area contributed by atoms with E-state index in [-0.39, 0.29) is 17.8 Å². The molecule has 2 amide bonds. The van der Waals surface area contributed by atoms with Gasteiger partial charge in [0.1, 0.15) is 11.6 Å². The van der Waals surface area contributed by atoms with Crippen LogP contribution in [0.3, 0.4) is 0 Å². The van der Waals surface area contributed by atoms with Crippen molar-refractivity contribution in [3.8, 4) is 0 Å². The van der Waals surface area contributed by atoms with E-state index in [1.165, 1.54) is 17.2 Å². The van der Waals surface area contributed by atoms with E-state index in [1.54, 1.807) is 27.8 Å². The van der Waals surface area contributed by atoms with E-state index in [0.29, 0.717) is 11.4 Å². The summed E-state index contributed by atoms with van der Waals surface area (Å²) in [5.41, 5.74) is 0.609. The van der Waals surface area contributed by atoms with Gasteiger partial charge in [-0.05, 0) is 26.8 Å². The molecule has 23 heavy (non-hydrogen) atoms. The monoisotopic (exact) mass is 321 g/mol. The van der Waals surface area contributed by atoms with Crippen LogP contribution in [0.2, 0.25) is 0 Å². The van der Waals surface area contributed by atoms with Crippen molar-refractivity contribution in [3.05, 3.63) is 18.0 Å². The number of alkyl carbamates (subject to hydrolysis) is 1. The molecule has 0 bridgehead atoms. The van der Waals surface area contributed by atoms with E-state index in [1.807, 2.05) is 0 Å². The Morgan fingerprint density at radius 2 is 2.13 bits per heavy atom. The summed E-state index contributed by atoms with van der Waals surface area (Å²) in [5.74, 6) is -0.324. The van der Waals surface area contributed by atoms with Crippen LogP contribution >= 0.6 is 0 Å². The number of rotatable bonds is 2. The molecule has 1 aromatic heterocycles. The largest absolute Gasteiger partial charge is 0.490 e. The number of likely N-dealkylation sites (N-methyl/N-ethyl adjacent to an activating group) is 1. The number of ether oxygens (including phenoxy) is 1. The van der Waals surface area contributed by atoms with Crippen molar-refractivity contribution in [2.24, 2.45) is 0 Å². The first-order valence-electron chi connectivity index (χ1n) is 7.20. The maximum Gasteiger partial charge on any atom is 0.490 e. The van der Waals surface area contributed by atoms with Crippen LogP contribution in [-0.4, -0.2) is 52.8 Å². The van der Waals surface area contributed by atoms with Crippen LogP contribution in [-0.2, 0) is 16.0 Å². The minimum Gasteiger partial charge on any atom is -0.444 e. The van der Waals surface area contributed by atoms with Crippen molar-refractivity contribution in [2.75, 3.05) is 11.9 Å². The highest BCUT2D eigenvalue weighted by Crippen LogP contribution is 2.24. The Morgan fingerprint density at radius 1 is 1.48 bits per heavy atom. The van der Waals surface area contributed by atoms with Gasteiger partial charge in [-0.25, -0.2) is 4.79 Å². The van der Waals surface area contributed by atoms with E-state index >= 15 is 0 Å². The Labute approximate surface area is 134 Å². The molecular weight excluding hydrogens is 301 g/mol. The van der Waals surface area contributed by atoms with Gasteiger partial charge in [-0.3, -0.25) is 9.78 Å². The number of hydrogen-bond donors (Lipinski definition) is 3. The van der Waals surface area contributed by atoms with Crippen molar-refractivity contribution in [2.45, 2.75) is 38.8 Å². The van der Waals surface area contributed by atoms with E-state index in [9.17, 15) is 19.6 Å². The van der Waals surface area contributed by atoms with Gasteiger partial charge in [0, 0.05) is 25.1 Å². The molecular formula is C14H20BN3O5. The molecule has 1 atom stereocenters. The molecule has 0 saturated heterocycles. The van der Waals surface area contributed by atoms with E-state index in [2.05, 4.69) is 10.3 Å². The van der Waals surface area contributed by atoms with Crippen molar-refractivity contribution in [3.63, 3.8) is 0 Å². The van der Waals surface area contributed by atoms with Crippen LogP contribution < -0.4 is 15.7 Å². The van der Waals surface area contributed by atoms with E-state index < -0.39 is 24.9 Å². The van der Waals surface area contributed by atoms with Crippen LogP contribution in [0.15, 0.2) is 12.3 Å². The Morgan fingerprint density at radius 3 is 2.70 bits per heavy atom. The SMILES string of the molecule is CN1C(=O)[C@H](NC(=O)OC(C)(C)C)Cc2ncc(B(O)O)cc21. The smallest absolute Gasteiger partial charge is 0.444 e. The quantitative estimate of drug-likeness (QED) is 0.613. The topological polar surface area (TPSA) is 112 Å². The lowest BCUT2D eigenvalue weighted by molar-refractivity contribution is -0.120. The van der Waals surface area contributed by atoms with Gasteiger partial charge in [0.15, 0.2) is 0 Å². The van der Waals surface area contributed by atoms with Gasteiger partial charge in [0.25, 0.3) is 0 Å². The lowest BCUT2D eigenvalue weighted by Gasteiger charge is -2.32. The van der Waals surface area contributed by atoms with Crippen LogP contribution in [0, 0.1) is 0 Å². The van der Waals surface area contributed by atoms with Gasteiger partial charge in [0.05, 0.1) is 11.4 Å². The minimum atomic E-state index is -1.66. The van der Waals surface area contributed by atoms with Crippen LogP contribution in [0.5, 0.6) is 0 Å². The fourth-order valence-electron chi connectivity index (χ4n) is 2.28. The van der Waals surface area contributed by atoms with Crippen LogP contribution in [0.25, 0.3) is 0 Å². The highest BCUT2D eigenvalue weighted by Gasteiger charge is 2.34. The van der Waals surface area contributed by atoms with Gasteiger partial charge in [0.2, 0.25) is 5.91 Å². The first kappa shape index (κ1) is 17.2. The number of aromatic nitrogens is 1. The third-order valence-electron chi connectivity index (χ3n) is 3.35. The zero-order valence-corrected chi connectivity index (χ0v) is 13.5. The molecule has 0 aromatic carbocycles. The summed E-state index contributed by atoms with van der Waals surface area (Å²) in [5, 5.41) is 20.9. The average molecular weight is 321 g/mol. The molecule has 0 spiro atoms. The molecule has 124 valence electrons. The molecule has 0 radical (unpaired) electrons. The van der Waals surface area contributed by atoms with Crippen LogP contribution in [0.4, 0.5) is 10.5 Å². The van der Waals surface area contributed by atoms with Crippen molar-refractivity contribution >= 4 is 30.3 Å². The summed E-state index contributed by atoms with van der Waals surface area (Å²) in [6.45, 7) is 5.21. The molecule has 2 heterocycles. The Balaban J connectivity index is 2.18. The predicted molar refractivity (Wildman–Crippen MR) is 84.3 cm³/mol. The third kappa shape index (κ3) is 3.99. The van der Waals surface area contributed by atoms with E-state index in [4.69, 9.17) is 4.74 Å². The summed E-state index contributed by atoms with van der Waals surface area (Å²) < 4.78 is 5.16. The minimum absolute atomic E-state index is 0.196. The number of pyridine rings is 1. The number of carbonyl (C=O) groups is 2. The number of nitrogens with zero attached hydrogens (tertiary/aromatic N) is 2. The molecule has 0 fully saturated rings. The highest BCUT2D eigenvalue weighted by molar-refractivity contribution is 6.58. The molecule has 9 heteroatoms. The molecule has 0 aliphatic carbocycles. The van der Waals surface area contributed by atoms with Crippen molar-refractivity contribution in [1.29, 1.82) is 0 Å². The van der Waals surface area contributed by atoms with Gasteiger partial charge in [-0.15, -0.1) is 0 Å². The number of anilines is 1. The molecule has 0 unspecified atom stereocenters. The normalized spacial score (nSPS) is 17.6. The first-order chi connectivity index (χ1) is 10.6. The molecule has 3 N–H and O–H groups in total. The predicted octanol–water partition coefficient (Wildman–Crippen LogP) is -0.826. The summed E-state index contributed by atoms with van der Waals surface area (Å²) in [6, 6.07) is 0.717. The lowest BCUT2D eigenvalue weighted by atomic mass is 9.80. The summed E-state index contributed by atoms with van der Waals surface area (Å²) in [7, 11) is -0.117. The second-order valence-electron chi connectivity index (χ2n) is 6.41. The number of nitrogens with one attached hydrogen (secondary N) is 1. The highest BCUT2D eigenvalue weighted by atomic mass is 16.6. The van der Waals surface area contributed by atoms with Gasteiger partial charge in [-0.2, -0.15) is 0 Å². The summed E-state index contributed by atoms with van der Waals surface area (Å²) in [4.78, 5) is 29.7. The number of hydrogen-bond acceptors (Lipinski definition) is 6. The molecule has 0 saturated carbocycles. The fraction of sp³-hybridized carbons (Fsp3) is 0.500. The molecule has 1 aliphatic heterocycles. The molecule has 1 aromatic rings. The molecule has 2 rings (SSSR count). The standard InChI is InChI=1S/C14H20BN3O5/c1-14(2,3)23-13(20)17-10-6-9-11(18(4)12(10)19)5-8(7-16-9)15(21)22/h5,7,10,21-22H,6H2,1-4H3,(H,17,20)/t10-/m1/s1. The second-order valence-corrected chi connectivity index (χ2v) is 6.41. The molecule has 1 aliphatic rings. The molecule has 8 nitrogen and oxygen atoms in total. The zero-order chi connectivity index (χ0) is 17.4. The lowest BCUT2D eigenvalue weighted by Crippen LogP contribution is -2.53.